The second kappa shape index (κ2) is 9.06. The van der Waals surface area contributed by atoms with Crippen molar-refractivity contribution in [3.8, 4) is 0 Å². The molecule has 1 aromatic carbocycles. The third kappa shape index (κ3) is 3.54. The lowest BCUT2D eigenvalue weighted by Crippen LogP contribution is -2.57. The fraction of sp³-hybridized carbons (Fsp3) is 0.640. The lowest BCUT2D eigenvalue weighted by molar-refractivity contribution is -0.162. The fourth-order valence-electron chi connectivity index (χ4n) is 6.23. The highest BCUT2D eigenvalue weighted by atomic mass is 16.6. The normalized spacial score (nSPS) is 33.2. The van der Waals surface area contributed by atoms with Crippen LogP contribution in [0.4, 0.5) is 0 Å². The van der Waals surface area contributed by atoms with Gasteiger partial charge in [-0.05, 0) is 38.2 Å². The van der Waals surface area contributed by atoms with Gasteiger partial charge in [-0.15, -0.1) is 0 Å². The molecule has 2 N–H and O–H groups in total. The first kappa shape index (κ1) is 23.7. The van der Waals surface area contributed by atoms with Crippen molar-refractivity contribution in [2.45, 2.75) is 76.3 Å². The minimum absolute atomic E-state index is 0.210. The van der Waals surface area contributed by atoms with Crippen molar-refractivity contribution in [3.63, 3.8) is 0 Å². The maximum Gasteiger partial charge on any atom is 0.312 e. The topological polar surface area (TPSA) is 105 Å². The van der Waals surface area contributed by atoms with Crippen molar-refractivity contribution in [3.05, 3.63) is 35.9 Å². The summed E-state index contributed by atoms with van der Waals surface area (Å²) in [7, 11) is 0. The highest BCUT2D eigenvalue weighted by Gasteiger charge is 2.79. The largest absolute Gasteiger partial charge is 0.466 e. The number of rotatable bonds is 9. The number of aliphatic hydroxyl groups is 1. The Hall–Kier alpha value is -2.45. The lowest BCUT2D eigenvalue weighted by Gasteiger charge is -2.37. The molecule has 33 heavy (non-hydrogen) atoms. The number of benzene rings is 1. The highest BCUT2D eigenvalue weighted by molar-refractivity contribution is 5.98. The number of hydrogen-bond donors (Lipinski definition) is 2. The zero-order valence-corrected chi connectivity index (χ0v) is 19.6. The Morgan fingerprint density at radius 2 is 1.97 bits per heavy atom. The first-order valence-corrected chi connectivity index (χ1v) is 12.0. The fourth-order valence-corrected chi connectivity index (χ4v) is 6.23. The van der Waals surface area contributed by atoms with Crippen LogP contribution in [0.3, 0.4) is 0 Å². The number of carbonyl (C=O) groups excluding carboxylic acids is 3. The molecule has 8 nitrogen and oxygen atoms in total. The van der Waals surface area contributed by atoms with E-state index in [1.54, 1.807) is 6.92 Å². The van der Waals surface area contributed by atoms with Crippen LogP contribution in [-0.2, 0) is 30.4 Å². The molecule has 0 aromatic heterocycles. The predicted octanol–water partition coefficient (Wildman–Crippen LogP) is 1.79. The Balaban J connectivity index is 1.73. The molecule has 180 valence electrons. The van der Waals surface area contributed by atoms with Gasteiger partial charge in [0.2, 0.25) is 11.8 Å². The third-order valence-corrected chi connectivity index (χ3v) is 7.79. The smallest absolute Gasteiger partial charge is 0.312 e. The van der Waals surface area contributed by atoms with Crippen LogP contribution in [0, 0.1) is 11.8 Å². The zero-order chi connectivity index (χ0) is 23.8. The van der Waals surface area contributed by atoms with Gasteiger partial charge in [-0.3, -0.25) is 14.4 Å². The molecule has 3 aliphatic heterocycles. The van der Waals surface area contributed by atoms with E-state index in [0.29, 0.717) is 32.2 Å². The van der Waals surface area contributed by atoms with Gasteiger partial charge in [0.05, 0.1) is 30.8 Å². The molecule has 0 saturated carbocycles. The second-order valence-electron chi connectivity index (χ2n) is 9.28. The number of fused-ring (bicyclic) bond motifs is 1. The molecule has 3 saturated heterocycles. The van der Waals surface area contributed by atoms with Crippen molar-refractivity contribution in [2.75, 3.05) is 13.2 Å². The summed E-state index contributed by atoms with van der Waals surface area (Å²) in [4.78, 5) is 42.0. The molecular weight excluding hydrogens is 424 g/mol. The van der Waals surface area contributed by atoms with Gasteiger partial charge < -0.3 is 24.8 Å². The molecule has 1 spiro atoms. The number of aliphatic hydroxyl groups excluding tert-OH is 1. The minimum atomic E-state index is -1.10. The molecule has 2 unspecified atom stereocenters. The van der Waals surface area contributed by atoms with Gasteiger partial charge in [-0.25, -0.2) is 0 Å². The van der Waals surface area contributed by atoms with Gasteiger partial charge in [0.25, 0.3) is 0 Å². The van der Waals surface area contributed by atoms with Crippen molar-refractivity contribution in [1.29, 1.82) is 0 Å². The number of hydrogen-bond acceptors (Lipinski definition) is 6. The third-order valence-electron chi connectivity index (χ3n) is 7.79. The summed E-state index contributed by atoms with van der Waals surface area (Å²) in [6, 6.07) is 8.10. The molecule has 2 bridgehead atoms. The van der Waals surface area contributed by atoms with Crippen LogP contribution in [0.25, 0.3) is 0 Å². The van der Waals surface area contributed by atoms with E-state index in [1.807, 2.05) is 44.2 Å². The monoisotopic (exact) mass is 458 g/mol. The van der Waals surface area contributed by atoms with Crippen molar-refractivity contribution < 1.29 is 29.0 Å². The van der Waals surface area contributed by atoms with Crippen LogP contribution in [0.5, 0.6) is 0 Å². The summed E-state index contributed by atoms with van der Waals surface area (Å²) in [6.45, 7) is 5.81. The van der Waals surface area contributed by atoms with Crippen molar-refractivity contribution >= 4 is 17.8 Å². The molecule has 3 heterocycles. The van der Waals surface area contributed by atoms with Crippen molar-refractivity contribution in [1.82, 2.24) is 10.2 Å². The molecular formula is C25H34N2O6. The van der Waals surface area contributed by atoms with Gasteiger partial charge in [0, 0.05) is 6.54 Å². The standard InChI is InChI=1S/C25H34N2O6/c1-4-17(15-28)27-20(21(29)26-14-16-10-8-7-9-11-16)25-13-12-24(5-2,33-25)19(18(25)22(27)30)23(31)32-6-3/h7-11,17-20,28H,4-6,12-15H2,1-3H3,(H,26,29)/t17-,18-,19+,20?,24-,25?/m0/s1. The number of ether oxygens (including phenoxy) is 2. The van der Waals surface area contributed by atoms with Crippen LogP contribution < -0.4 is 5.32 Å². The van der Waals surface area contributed by atoms with Gasteiger partial charge >= 0.3 is 5.97 Å². The molecule has 0 aliphatic carbocycles. The average Bonchev–Trinajstić information content (AvgIpc) is 3.43. The maximum absolute atomic E-state index is 13.8. The Labute approximate surface area is 194 Å². The van der Waals surface area contributed by atoms with Crippen LogP contribution in [0.1, 0.15) is 52.0 Å². The summed E-state index contributed by atoms with van der Waals surface area (Å²) >= 11 is 0. The number of nitrogens with one attached hydrogen (secondary N) is 1. The molecule has 4 rings (SSSR count). The predicted molar refractivity (Wildman–Crippen MR) is 120 cm³/mol. The summed E-state index contributed by atoms with van der Waals surface area (Å²) < 4.78 is 12.0. The zero-order valence-electron chi connectivity index (χ0n) is 19.6. The van der Waals surface area contributed by atoms with E-state index in [2.05, 4.69) is 5.32 Å². The number of nitrogens with zero attached hydrogens (tertiary/aromatic N) is 1. The number of likely N-dealkylation sites (tertiary alicyclic amines) is 1. The van der Waals surface area contributed by atoms with E-state index >= 15 is 0 Å². The van der Waals surface area contributed by atoms with E-state index in [4.69, 9.17) is 9.47 Å². The van der Waals surface area contributed by atoms with E-state index < -0.39 is 41.1 Å². The van der Waals surface area contributed by atoms with Gasteiger partial charge in [0.15, 0.2) is 0 Å². The molecule has 3 aliphatic rings. The lowest BCUT2D eigenvalue weighted by atomic mass is 9.65. The Morgan fingerprint density at radius 3 is 2.58 bits per heavy atom. The molecule has 6 atom stereocenters. The first-order valence-electron chi connectivity index (χ1n) is 12.0. The quantitative estimate of drug-likeness (QED) is 0.547. The number of amides is 2. The molecule has 8 heteroatoms. The van der Waals surface area contributed by atoms with Crippen molar-refractivity contribution in [2.24, 2.45) is 11.8 Å². The van der Waals surface area contributed by atoms with E-state index in [-0.39, 0.29) is 25.0 Å². The molecule has 1 aromatic rings. The van der Waals surface area contributed by atoms with Gasteiger partial charge in [0.1, 0.15) is 17.6 Å². The second-order valence-corrected chi connectivity index (χ2v) is 9.28. The molecule has 0 radical (unpaired) electrons. The minimum Gasteiger partial charge on any atom is -0.466 e. The molecule has 2 amide bonds. The van der Waals surface area contributed by atoms with Crippen LogP contribution in [-0.4, -0.2) is 64.3 Å². The Morgan fingerprint density at radius 1 is 1.24 bits per heavy atom. The summed E-state index contributed by atoms with van der Waals surface area (Å²) in [5, 5.41) is 13.0. The van der Waals surface area contributed by atoms with Crippen LogP contribution in [0.2, 0.25) is 0 Å². The van der Waals surface area contributed by atoms with Gasteiger partial charge in [-0.1, -0.05) is 44.2 Å². The highest BCUT2D eigenvalue weighted by Crippen LogP contribution is 2.64. The van der Waals surface area contributed by atoms with Crippen LogP contribution in [0.15, 0.2) is 30.3 Å². The SMILES string of the molecule is CCOC(=O)[C@H]1[C@H]2C(=O)N([C@@H](CC)CO)C(C(=O)NCc3ccccc3)C23CC[C@]1(CC)O3. The first-order chi connectivity index (χ1) is 15.9. The van der Waals surface area contributed by atoms with E-state index in [1.165, 1.54) is 4.90 Å². The number of carbonyl (C=O) groups is 3. The van der Waals surface area contributed by atoms with E-state index in [9.17, 15) is 19.5 Å². The number of esters is 1. The Kier molecular flexibility index (Phi) is 6.51. The van der Waals surface area contributed by atoms with Crippen LogP contribution >= 0.6 is 0 Å². The summed E-state index contributed by atoms with van der Waals surface area (Å²) in [5.41, 5.74) is -0.970. The van der Waals surface area contributed by atoms with Gasteiger partial charge in [-0.2, -0.15) is 0 Å². The molecule has 3 fully saturated rings. The average molecular weight is 459 g/mol. The van der Waals surface area contributed by atoms with E-state index in [0.717, 1.165) is 5.56 Å². The summed E-state index contributed by atoms with van der Waals surface area (Å²) in [5.74, 6) is -2.61. The summed E-state index contributed by atoms with van der Waals surface area (Å²) in [6.07, 6.45) is 2.13. The maximum atomic E-state index is 13.8. The Bertz CT molecular complexity index is 903.